The monoisotopic (exact) mass is 428 g/mol. The minimum atomic E-state index is -3.74. The molecule has 1 heterocycles. The van der Waals surface area contributed by atoms with E-state index in [1.165, 1.54) is 23.9 Å². The number of benzene rings is 2. The Bertz CT molecular complexity index is 1110. The van der Waals surface area contributed by atoms with Crippen molar-refractivity contribution in [3.05, 3.63) is 71.5 Å². The number of amides is 1. The van der Waals surface area contributed by atoms with Gasteiger partial charge < -0.3 is 5.32 Å². The summed E-state index contributed by atoms with van der Waals surface area (Å²) in [6.07, 6.45) is 0.123. The minimum absolute atomic E-state index is 0.0162. The van der Waals surface area contributed by atoms with Crippen LogP contribution in [-0.2, 0) is 21.2 Å². The maximum Gasteiger partial charge on any atom is 0.238 e. The molecule has 0 aliphatic heterocycles. The summed E-state index contributed by atoms with van der Waals surface area (Å²) in [7, 11) is -3.74. The van der Waals surface area contributed by atoms with Gasteiger partial charge in [0.05, 0.1) is 11.3 Å². The normalized spacial score (nSPS) is 11.3. The van der Waals surface area contributed by atoms with Crippen LogP contribution in [0.5, 0.6) is 0 Å². The number of hydrogen-bond acceptors (Lipinski definition) is 6. The largest absolute Gasteiger partial charge is 0.326 e. The molecule has 0 saturated carbocycles. The first kappa shape index (κ1) is 21.0. The molecule has 0 radical (unpaired) electrons. The van der Waals surface area contributed by atoms with Crippen LogP contribution >= 0.6 is 11.8 Å². The highest BCUT2D eigenvalue weighted by molar-refractivity contribution is 7.99. The lowest BCUT2D eigenvalue weighted by Gasteiger charge is -2.07. The number of nitrogens with one attached hydrogen (secondary N) is 1. The fraction of sp³-hybridized carbons (Fsp3) is 0.150. The number of nitrogens with two attached hydrogens (primary N) is 1. The van der Waals surface area contributed by atoms with Gasteiger partial charge >= 0.3 is 0 Å². The molecule has 9 heteroatoms. The number of sulfonamides is 1. The van der Waals surface area contributed by atoms with Crippen LogP contribution in [0.2, 0.25) is 0 Å². The first-order valence-electron chi connectivity index (χ1n) is 8.71. The number of aryl methyl sites for hydroxylation is 2. The molecule has 3 N–H and O–H groups in total. The van der Waals surface area contributed by atoms with E-state index in [2.05, 4.69) is 15.3 Å². The number of carbonyl (C=O) groups excluding carboxylic acids is 1. The molecule has 3 aromatic rings. The molecule has 1 amide bonds. The van der Waals surface area contributed by atoms with Crippen molar-refractivity contribution < 1.29 is 13.2 Å². The zero-order valence-electron chi connectivity index (χ0n) is 15.9. The number of rotatable bonds is 6. The third-order valence-electron chi connectivity index (χ3n) is 3.93. The summed E-state index contributed by atoms with van der Waals surface area (Å²) in [5.74, 6) is -0.202. The van der Waals surface area contributed by atoms with Crippen molar-refractivity contribution in [1.82, 2.24) is 9.97 Å². The maximum absolute atomic E-state index is 12.2. The molecule has 0 aliphatic carbocycles. The Labute approximate surface area is 173 Å². The van der Waals surface area contributed by atoms with E-state index in [0.29, 0.717) is 16.4 Å². The summed E-state index contributed by atoms with van der Waals surface area (Å²) < 4.78 is 22.5. The highest BCUT2D eigenvalue weighted by Gasteiger charge is 2.09. The molecule has 0 saturated heterocycles. The van der Waals surface area contributed by atoms with Crippen LogP contribution in [0.1, 0.15) is 17.0 Å². The van der Waals surface area contributed by atoms with E-state index < -0.39 is 10.0 Å². The lowest BCUT2D eigenvalue weighted by atomic mass is 10.1. The van der Waals surface area contributed by atoms with Crippen LogP contribution in [0.25, 0.3) is 0 Å². The molecule has 29 heavy (non-hydrogen) atoms. The highest BCUT2D eigenvalue weighted by Crippen LogP contribution is 2.26. The molecule has 3 rings (SSSR count). The summed E-state index contributed by atoms with van der Waals surface area (Å²) >= 11 is 1.46. The van der Waals surface area contributed by atoms with Crippen molar-refractivity contribution >= 4 is 33.4 Å². The quantitative estimate of drug-likeness (QED) is 0.583. The second-order valence-electron chi connectivity index (χ2n) is 6.47. The van der Waals surface area contributed by atoms with Gasteiger partial charge in [-0.3, -0.25) is 4.79 Å². The first-order chi connectivity index (χ1) is 13.7. The van der Waals surface area contributed by atoms with Crippen LogP contribution in [0.4, 0.5) is 5.69 Å². The predicted octanol–water partition coefficient (Wildman–Crippen LogP) is 3.07. The van der Waals surface area contributed by atoms with E-state index in [4.69, 9.17) is 5.14 Å². The van der Waals surface area contributed by atoms with Crippen molar-refractivity contribution in [3.63, 3.8) is 0 Å². The molecule has 1 aromatic heterocycles. The van der Waals surface area contributed by atoms with Gasteiger partial charge in [-0.15, -0.1) is 0 Å². The zero-order chi connectivity index (χ0) is 21.0. The summed E-state index contributed by atoms with van der Waals surface area (Å²) in [5.41, 5.74) is 3.19. The van der Waals surface area contributed by atoms with E-state index in [9.17, 15) is 13.2 Å². The minimum Gasteiger partial charge on any atom is -0.326 e. The Hall–Kier alpha value is -2.75. The number of nitrogens with zero attached hydrogens (tertiary/aromatic N) is 2. The van der Waals surface area contributed by atoms with Crippen molar-refractivity contribution in [2.75, 3.05) is 5.32 Å². The SMILES string of the molecule is Cc1cc(C)nc(Sc2ccc(NC(=O)Cc3ccc(S(N)(=O)=O)cc3)cc2)n1. The molecule has 2 aromatic carbocycles. The molecule has 7 nitrogen and oxygen atoms in total. The second-order valence-corrected chi connectivity index (χ2v) is 9.08. The Morgan fingerprint density at radius 1 is 1.00 bits per heavy atom. The summed E-state index contributed by atoms with van der Waals surface area (Å²) in [6, 6.07) is 15.2. The van der Waals surface area contributed by atoms with E-state index in [1.807, 2.05) is 44.2 Å². The molecular formula is C20H20N4O3S2. The fourth-order valence-corrected chi connectivity index (χ4v) is 4.02. The van der Waals surface area contributed by atoms with E-state index in [1.54, 1.807) is 12.1 Å². The van der Waals surface area contributed by atoms with E-state index in [0.717, 1.165) is 16.3 Å². The predicted molar refractivity (Wildman–Crippen MR) is 112 cm³/mol. The average Bonchev–Trinajstić information content (AvgIpc) is 2.62. The second kappa shape index (κ2) is 8.73. The standard InChI is InChI=1S/C20H20N4O3S2/c1-13-11-14(2)23-20(22-13)28-17-7-5-16(6-8-17)24-19(25)12-15-3-9-18(10-4-15)29(21,26)27/h3-11H,12H2,1-2H3,(H,24,25)(H2,21,26,27). The Balaban J connectivity index is 1.59. The van der Waals surface area contributed by atoms with Gasteiger partial charge in [0, 0.05) is 22.0 Å². The molecule has 0 bridgehead atoms. The van der Waals surface area contributed by atoms with E-state index in [-0.39, 0.29) is 17.2 Å². The Morgan fingerprint density at radius 2 is 1.59 bits per heavy atom. The molecule has 150 valence electrons. The third kappa shape index (κ3) is 6.11. The molecule has 0 aliphatic rings. The van der Waals surface area contributed by atoms with Crippen molar-refractivity contribution in [2.24, 2.45) is 5.14 Å². The fourth-order valence-electron chi connectivity index (χ4n) is 2.64. The molecular weight excluding hydrogens is 408 g/mol. The van der Waals surface area contributed by atoms with Crippen molar-refractivity contribution in [1.29, 1.82) is 0 Å². The number of anilines is 1. The van der Waals surface area contributed by atoms with Gasteiger partial charge in [-0.25, -0.2) is 23.5 Å². The molecule has 0 unspecified atom stereocenters. The highest BCUT2D eigenvalue weighted by atomic mass is 32.2. The van der Waals surface area contributed by atoms with Crippen molar-refractivity contribution in [2.45, 2.75) is 35.2 Å². The van der Waals surface area contributed by atoms with Crippen molar-refractivity contribution in [3.8, 4) is 0 Å². The average molecular weight is 429 g/mol. The topological polar surface area (TPSA) is 115 Å². The number of hydrogen-bond donors (Lipinski definition) is 2. The third-order valence-corrected chi connectivity index (χ3v) is 5.73. The zero-order valence-corrected chi connectivity index (χ0v) is 17.5. The molecule has 0 fully saturated rings. The Morgan fingerprint density at radius 3 is 2.14 bits per heavy atom. The summed E-state index contributed by atoms with van der Waals surface area (Å²) in [6.45, 7) is 3.86. The molecule has 0 atom stereocenters. The lowest BCUT2D eigenvalue weighted by Crippen LogP contribution is -2.15. The van der Waals surface area contributed by atoms with Crippen LogP contribution in [-0.4, -0.2) is 24.3 Å². The van der Waals surface area contributed by atoms with Gasteiger partial charge in [0.15, 0.2) is 5.16 Å². The van der Waals surface area contributed by atoms with Crippen LogP contribution < -0.4 is 10.5 Å². The van der Waals surface area contributed by atoms with Gasteiger partial charge in [0.2, 0.25) is 15.9 Å². The Kier molecular flexibility index (Phi) is 6.31. The number of aromatic nitrogens is 2. The van der Waals surface area contributed by atoms with Gasteiger partial charge in [-0.1, -0.05) is 12.1 Å². The summed E-state index contributed by atoms with van der Waals surface area (Å²) in [4.78, 5) is 22.0. The maximum atomic E-state index is 12.2. The number of primary sulfonamides is 1. The van der Waals surface area contributed by atoms with Gasteiger partial charge in [-0.2, -0.15) is 0 Å². The van der Waals surface area contributed by atoms with Crippen LogP contribution in [0, 0.1) is 13.8 Å². The van der Waals surface area contributed by atoms with Crippen LogP contribution in [0.3, 0.4) is 0 Å². The van der Waals surface area contributed by atoms with Gasteiger partial charge in [0.1, 0.15) is 0 Å². The van der Waals surface area contributed by atoms with E-state index >= 15 is 0 Å². The first-order valence-corrected chi connectivity index (χ1v) is 11.1. The van der Waals surface area contributed by atoms with Crippen LogP contribution in [0.15, 0.2) is 69.5 Å². The molecule has 0 spiro atoms. The lowest BCUT2D eigenvalue weighted by molar-refractivity contribution is -0.115. The summed E-state index contributed by atoms with van der Waals surface area (Å²) in [5, 5.41) is 8.57. The van der Waals surface area contributed by atoms with Gasteiger partial charge in [-0.05, 0) is 73.6 Å². The smallest absolute Gasteiger partial charge is 0.238 e. The van der Waals surface area contributed by atoms with Gasteiger partial charge in [0.25, 0.3) is 0 Å². The number of carbonyl (C=O) groups is 1.